The Balaban J connectivity index is 1.79. The van der Waals surface area contributed by atoms with Crippen molar-refractivity contribution in [2.45, 2.75) is 32.6 Å². The molecule has 2 saturated heterocycles. The van der Waals surface area contributed by atoms with Crippen molar-refractivity contribution in [3.8, 4) is 0 Å². The molecule has 0 unspecified atom stereocenters. The predicted molar refractivity (Wildman–Crippen MR) is 71.5 cm³/mol. The Kier molecular flexibility index (Phi) is 5.19. The van der Waals surface area contributed by atoms with E-state index in [2.05, 4.69) is 5.32 Å². The van der Waals surface area contributed by atoms with Crippen molar-refractivity contribution in [3.63, 3.8) is 0 Å². The molecule has 5 nitrogen and oxygen atoms in total. The van der Waals surface area contributed by atoms with E-state index in [-0.39, 0.29) is 23.7 Å². The van der Waals surface area contributed by atoms with E-state index < -0.39 is 0 Å². The molecule has 1 amide bonds. The molecule has 2 aliphatic heterocycles. The number of nitrogens with zero attached hydrogens (tertiary/aromatic N) is 1. The summed E-state index contributed by atoms with van der Waals surface area (Å²) in [5.41, 5.74) is 0. The second-order valence-electron chi connectivity index (χ2n) is 5.39. The van der Waals surface area contributed by atoms with E-state index in [0.717, 1.165) is 38.8 Å². The van der Waals surface area contributed by atoms with Crippen molar-refractivity contribution in [1.82, 2.24) is 10.2 Å². The Morgan fingerprint density at radius 2 is 1.95 bits per heavy atom. The standard InChI is InChI=1S/C14H24N2O3/c1-2-19-14(18)11-5-8-16(9-6-11)13(17)12-4-3-7-15-10-12/h11-12,15H,2-10H2,1H3/t12-/m1/s1. The topological polar surface area (TPSA) is 58.6 Å². The molecule has 0 aromatic carbocycles. The molecular weight excluding hydrogens is 244 g/mol. The maximum atomic E-state index is 12.3. The van der Waals surface area contributed by atoms with Gasteiger partial charge in [-0.2, -0.15) is 0 Å². The van der Waals surface area contributed by atoms with Crippen LogP contribution < -0.4 is 5.32 Å². The van der Waals surface area contributed by atoms with Crippen LogP contribution in [0.4, 0.5) is 0 Å². The van der Waals surface area contributed by atoms with Gasteiger partial charge >= 0.3 is 5.97 Å². The highest BCUT2D eigenvalue weighted by molar-refractivity contribution is 5.80. The van der Waals surface area contributed by atoms with Crippen LogP contribution in [-0.4, -0.2) is 49.6 Å². The lowest BCUT2D eigenvalue weighted by molar-refractivity contribution is -0.151. The maximum absolute atomic E-state index is 12.3. The Hall–Kier alpha value is -1.10. The van der Waals surface area contributed by atoms with Crippen LogP contribution in [0.1, 0.15) is 32.6 Å². The van der Waals surface area contributed by atoms with Gasteiger partial charge in [-0.05, 0) is 39.2 Å². The Labute approximate surface area is 114 Å². The molecule has 0 aromatic rings. The van der Waals surface area contributed by atoms with E-state index in [0.29, 0.717) is 19.7 Å². The fraction of sp³-hybridized carbons (Fsp3) is 0.857. The summed E-state index contributed by atoms with van der Waals surface area (Å²) < 4.78 is 5.04. The van der Waals surface area contributed by atoms with Gasteiger partial charge in [0.1, 0.15) is 0 Å². The second kappa shape index (κ2) is 6.89. The van der Waals surface area contributed by atoms with Gasteiger partial charge in [0.2, 0.25) is 5.91 Å². The van der Waals surface area contributed by atoms with Gasteiger partial charge in [0.15, 0.2) is 0 Å². The number of esters is 1. The van der Waals surface area contributed by atoms with E-state index in [1.165, 1.54) is 0 Å². The van der Waals surface area contributed by atoms with Crippen molar-refractivity contribution >= 4 is 11.9 Å². The van der Waals surface area contributed by atoms with Gasteiger partial charge in [-0.1, -0.05) is 0 Å². The zero-order valence-electron chi connectivity index (χ0n) is 11.7. The van der Waals surface area contributed by atoms with Crippen LogP contribution in [0.3, 0.4) is 0 Å². The van der Waals surface area contributed by atoms with Crippen LogP contribution in [0.25, 0.3) is 0 Å². The normalized spacial score (nSPS) is 25.1. The number of carbonyl (C=O) groups excluding carboxylic acids is 2. The largest absolute Gasteiger partial charge is 0.466 e. The summed E-state index contributed by atoms with van der Waals surface area (Å²) in [4.78, 5) is 25.9. The van der Waals surface area contributed by atoms with Crippen molar-refractivity contribution in [2.24, 2.45) is 11.8 Å². The highest BCUT2D eigenvalue weighted by atomic mass is 16.5. The number of hydrogen-bond acceptors (Lipinski definition) is 4. The molecule has 0 radical (unpaired) electrons. The lowest BCUT2D eigenvalue weighted by Gasteiger charge is -2.34. The minimum atomic E-state index is -0.103. The minimum absolute atomic E-state index is 0.0199. The van der Waals surface area contributed by atoms with Crippen LogP contribution in [0.15, 0.2) is 0 Å². The van der Waals surface area contributed by atoms with Gasteiger partial charge in [0.25, 0.3) is 0 Å². The highest BCUT2D eigenvalue weighted by Gasteiger charge is 2.31. The van der Waals surface area contributed by atoms with Crippen molar-refractivity contribution in [3.05, 3.63) is 0 Å². The number of ether oxygens (including phenoxy) is 1. The summed E-state index contributed by atoms with van der Waals surface area (Å²) in [6.45, 7) is 5.47. The summed E-state index contributed by atoms with van der Waals surface area (Å²) >= 11 is 0. The number of rotatable bonds is 3. The van der Waals surface area contributed by atoms with Gasteiger partial charge in [0, 0.05) is 19.6 Å². The van der Waals surface area contributed by atoms with Crippen LogP contribution in [0.5, 0.6) is 0 Å². The van der Waals surface area contributed by atoms with Crippen LogP contribution in [0.2, 0.25) is 0 Å². The van der Waals surface area contributed by atoms with Gasteiger partial charge < -0.3 is 15.0 Å². The molecule has 108 valence electrons. The predicted octanol–water partition coefficient (Wildman–Crippen LogP) is 0.788. The lowest BCUT2D eigenvalue weighted by atomic mass is 9.93. The quantitative estimate of drug-likeness (QED) is 0.769. The summed E-state index contributed by atoms with van der Waals surface area (Å²) in [7, 11) is 0. The summed E-state index contributed by atoms with van der Waals surface area (Å²) in [6, 6.07) is 0. The first-order chi connectivity index (χ1) is 9.22. The number of hydrogen-bond donors (Lipinski definition) is 1. The number of amides is 1. The van der Waals surface area contributed by atoms with E-state index in [1.807, 2.05) is 11.8 Å². The molecule has 0 bridgehead atoms. The molecule has 1 atom stereocenters. The first-order valence-electron chi connectivity index (χ1n) is 7.38. The van der Waals surface area contributed by atoms with Crippen molar-refractivity contribution in [2.75, 3.05) is 32.8 Å². The van der Waals surface area contributed by atoms with E-state index in [4.69, 9.17) is 4.74 Å². The summed E-state index contributed by atoms with van der Waals surface area (Å²) in [6.07, 6.45) is 3.55. The number of likely N-dealkylation sites (tertiary alicyclic amines) is 1. The lowest BCUT2D eigenvalue weighted by Crippen LogP contribution is -2.47. The molecule has 2 aliphatic rings. The van der Waals surface area contributed by atoms with Gasteiger partial charge in [-0.3, -0.25) is 9.59 Å². The third-order valence-corrected chi connectivity index (χ3v) is 4.07. The third kappa shape index (κ3) is 3.69. The van der Waals surface area contributed by atoms with Gasteiger partial charge in [-0.15, -0.1) is 0 Å². The average molecular weight is 268 g/mol. The molecule has 2 fully saturated rings. The molecule has 19 heavy (non-hydrogen) atoms. The van der Waals surface area contributed by atoms with Crippen LogP contribution >= 0.6 is 0 Å². The molecule has 0 spiro atoms. The molecule has 5 heteroatoms. The first kappa shape index (κ1) is 14.3. The smallest absolute Gasteiger partial charge is 0.309 e. The van der Waals surface area contributed by atoms with E-state index in [1.54, 1.807) is 0 Å². The zero-order valence-corrected chi connectivity index (χ0v) is 11.7. The monoisotopic (exact) mass is 268 g/mol. The minimum Gasteiger partial charge on any atom is -0.466 e. The average Bonchev–Trinajstić information content (AvgIpc) is 2.48. The molecule has 0 saturated carbocycles. The Morgan fingerprint density at radius 3 is 2.53 bits per heavy atom. The van der Waals surface area contributed by atoms with Crippen molar-refractivity contribution in [1.29, 1.82) is 0 Å². The van der Waals surface area contributed by atoms with Gasteiger partial charge in [0.05, 0.1) is 18.4 Å². The molecular formula is C14H24N2O3. The van der Waals surface area contributed by atoms with E-state index in [9.17, 15) is 9.59 Å². The highest BCUT2D eigenvalue weighted by Crippen LogP contribution is 2.22. The Bertz CT molecular complexity index is 319. The van der Waals surface area contributed by atoms with Crippen LogP contribution in [0, 0.1) is 11.8 Å². The fourth-order valence-corrected chi connectivity index (χ4v) is 2.92. The fourth-order valence-electron chi connectivity index (χ4n) is 2.92. The summed E-state index contributed by atoms with van der Waals surface area (Å²) in [5.74, 6) is 0.268. The molecule has 2 heterocycles. The SMILES string of the molecule is CCOC(=O)C1CCN(C(=O)[C@@H]2CCCNC2)CC1. The van der Waals surface area contributed by atoms with E-state index >= 15 is 0 Å². The number of carbonyl (C=O) groups is 2. The zero-order chi connectivity index (χ0) is 13.7. The summed E-state index contributed by atoms with van der Waals surface area (Å²) in [5, 5.41) is 3.28. The van der Waals surface area contributed by atoms with Crippen LogP contribution in [-0.2, 0) is 14.3 Å². The molecule has 0 aliphatic carbocycles. The third-order valence-electron chi connectivity index (χ3n) is 4.07. The molecule has 0 aromatic heterocycles. The molecule has 1 N–H and O–H groups in total. The molecule has 2 rings (SSSR count). The first-order valence-corrected chi connectivity index (χ1v) is 7.38. The second-order valence-corrected chi connectivity index (χ2v) is 5.39. The Morgan fingerprint density at radius 1 is 1.21 bits per heavy atom. The maximum Gasteiger partial charge on any atom is 0.309 e. The van der Waals surface area contributed by atoms with Gasteiger partial charge in [-0.25, -0.2) is 0 Å². The van der Waals surface area contributed by atoms with Crippen molar-refractivity contribution < 1.29 is 14.3 Å². The number of piperidine rings is 2. The number of nitrogens with one attached hydrogen (secondary N) is 1.